The van der Waals surface area contributed by atoms with Gasteiger partial charge in [-0.25, -0.2) is 9.67 Å². The minimum Gasteiger partial charge on any atom is -0.496 e. The molecule has 0 fully saturated rings. The molecule has 0 aliphatic rings. The first-order valence-corrected chi connectivity index (χ1v) is 5.50. The molecule has 2 rings (SSSR count). The molecule has 1 heterocycles. The smallest absolute Gasteiger partial charge is 0.242 e. The van der Waals surface area contributed by atoms with E-state index < -0.39 is 0 Å². The lowest BCUT2D eigenvalue weighted by Crippen LogP contribution is -2.27. The average molecular weight is 246 g/mol. The highest BCUT2D eigenvalue weighted by Gasteiger charge is 2.05. The van der Waals surface area contributed by atoms with Crippen LogP contribution in [0.3, 0.4) is 0 Å². The van der Waals surface area contributed by atoms with E-state index in [4.69, 9.17) is 4.74 Å². The van der Waals surface area contributed by atoms with Gasteiger partial charge in [0.2, 0.25) is 5.91 Å². The monoisotopic (exact) mass is 246 g/mol. The van der Waals surface area contributed by atoms with Gasteiger partial charge in [-0.05, 0) is 6.07 Å². The van der Waals surface area contributed by atoms with Gasteiger partial charge in [-0.1, -0.05) is 18.2 Å². The Labute approximate surface area is 105 Å². The van der Waals surface area contributed by atoms with Gasteiger partial charge < -0.3 is 10.1 Å². The van der Waals surface area contributed by atoms with E-state index >= 15 is 0 Å². The zero-order chi connectivity index (χ0) is 12.8. The lowest BCUT2D eigenvalue weighted by atomic mass is 10.2. The largest absolute Gasteiger partial charge is 0.496 e. The summed E-state index contributed by atoms with van der Waals surface area (Å²) in [5, 5.41) is 6.67. The van der Waals surface area contributed by atoms with Crippen LogP contribution in [0, 0.1) is 0 Å². The highest BCUT2D eigenvalue weighted by molar-refractivity contribution is 5.75. The number of carbonyl (C=O) groups excluding carboxylic acids is 1. The van der Waals surface area contributed by atoms with Gasteiger partial charge in [0, 0.05) is 12.1 Å². The SMILES string of the molecule is COc1ccccc1CNC(=O)Cn1cncn1. The summed E-state index contributed by atoms with van der Waals surface area (Å²) in [6, 6.07) is 7.56. The number of aromatic nitrogens is 3. The third kappa shape index (κ3) is 3.07. The first kappa shape index (κ1) is 12.1. The van der Waals surface area contributed by atoms with Crippen molar-refractivity contribution >= 4 is 5.91 Å². The number of para-hydroxylation sites is 1. The van der Waals surface area contributed by atoms with Gasteiger partial charge in [-0.2, -0.15) is 5.10 Å². The van der Waals surface area contributed by atoms with Gasteiger partial charge in [0.1, 0.15) is 24.9 Å². The molecular weight excluding hydrogens is 232 g/mol. The third-order valence-electron chi connectivity index (χ3n) is 2.44. The van der Waals surface area contributed by atoms with Crippen LogP contribution in [0.15, 0.2) is 36.9 Å². The van der Waals surface area contributed by atoms with E-state index in [-0.39, 0.29) is 12.5 Å². The number of hydrogen-bond acceptors (Lipinski definition) is 4. The standard InChI is InChI=1S/C12H14N4O2/c1-18-11-5-3-2-4-10(11)6-14-12(17)7-16-9-13-8-15-16/h2-5,8-9H,6-7H2,1H3,(H,14,17). The Morgan fingerprint density at radius 1 is 1.44 bits per heavy atom. The second kappa shape index (κ2) is 5.81. The van der Waals surface area contributed by atoms with E-state index in [2.05, 4.69) is 15.4 Å². The maximum Gasteiger partial charge on any atom is 0.242 e. The number of methoxy groups -OCH3 is 1. The topological polar surface area (TPSA) is 69.0 Å². The van der Waals surface area contributed by atoms with Crippen molar-refractivity contribution in [3.05, 3.63) is 42.5 Å². The predicted octanol–water partition coefficient (Wildman–Crippen LogP) is 0.603. The Morgan fingerprint density at radius 2 is 2.28 bits per heavy atom. The number of benzene rings is 1. The highest BCUT2D eigenvalue weighted by atomic mass is 16.5. The van der Waals surface area contributed by atoms with Crippen LogP contribution in [0.4, 0.5) is 0 Å². The zero-order valence-corrected chi connectivity index (χ0v) is 10.0. The van der Waals surface area contributed by atoms with Crippen molar-refractivity contribution in [1.82, 2.24) is 20.1 Å². The van der Waals surface area contributed by atoms with Crippen LogP contribution in [-0.2, 0) is 17.9 Å². The van der Waals surface area contributed by atoms with Crippen LogP contribution in [0.2, 0.25) is 0 Å². The molecule has 94 valence electrons. The van der Waals surface area contributed by atoms with E-state index in [1.165, 1.54) is 17.3 Å². The molecule has 0 saturated heterocycles. The van der Waals surface area contributed by atoms with Gasteiger partial charge in [-0.3, -0.25) is 4.79 Å². The van der Waals surface area contributed by atoms with E-state index in [0.717, 1.165) is 11.3 Å². The molecule has 6 heteroatoms. The number of ether oxygens (including phenoxy) is 1. The summed E-state index contributed by atoms with van der Waals surface area (Å²) in [7, 11) is 1.61. The van der Waals surface area contributed by atoms with Crippen LogP contribution in [-0.4, -0.2) is 27.8 Å². The maximum absolute atomic E-state index is 11.6. The Bertz CT molecular complexity index is 511. The van der Waals surface area contributed by atoms with Crippen LogP contribution < -0.4 is 10.1 Å². The van der Waals surface area contributed by atoms with Crippen molar-refractivity contribution in [1.29, 1.82) is 0 Å². The summed E-state index contributed by atoms with van der Waals surface area (Å²) in [4.78, 5) is 15.4. The van der Waals surface area contributed by atoms with Crippen molar-refractivity contribution < 1.29 is 9.53 Å². The molecule has 0 unspecified atom stereocenters. The van der Waals surface area contributed by atoms with Crippen LogP contribution in [0.5, 0.6) is 5.75 Å². The summed E-state index contributed by atoms with van der Waals surface area (Å²) in [6.45, 7) is 0.590. The number of amides is 1. The van der Waals surface area contributed by atoms with E-state index in [1.54, 1.807) is 7.11 Å². The molecule has 1 amide bonds. The lowest BCUT2D eigenvalue weighted by molar-refractivity contribution is -0.122. The predicted molar refractivity (Wildman–Crippen MR) is 64.9 cm³/mol. The fourth-order valence-corrected chi connectivity index (χ4v) is 1.56. The summed E-state index contributed by atoms with van der Waals surface area (Å²) < 4.78 is 6.67. The number of nitrogens with one attached hydrogen (secondary N) is 1. The van der Waals surface area contributed by atoms with Gasteiger partial charge in [0.15, 0.2) is 0 Å². The van der Waals surface area contributed by atoms with E-state index in [1.807, 2.05) is 24.3 Å². The van der Waals surface area contributed by atoms with Crippen LogP contribution in [0.25, 0.3) is 0 Å². The molecule has 0 spiro atoms. The van der Waals surface area contributed by atoms with Crippen LogP contribution >= 0.6 is 0 Å². The van der Waals surface area contributed by atoms with Crippen molar-refractivity contribution in [3.63, 3.8) is 0 Å². The Kier molecular flexibility index (Phi) is 3.90. The molecule has 1 aromatic heterocycles. The minimum absolute atomic E-state index is 0.119. The molecule has 0 bridgehead atoms. The summed E-state index contributed by atoms with van der Waals surface area (Å²) in [5.41, 5.74) is 0.937. The average Bonchev–Trinajstić information content (AvgIpc) is 2.89. The van der Waals surface area contributed by atoms with Gasteiger partial charge in [0.05, 0.1) is 7.11 Å². The summed E-state index contributed by atoms with van der Waals surface area (Å²) in [6.07, 6.45) is 2.90. The molecule has 2 aromatic rings. The number of nitrogens with zero attached hydrogens (tertiary/aromatic N) is 3. The quantitative estimate of drug-likeness (QED) is 0.839. The van der Waals surface area contributed by atoms with Gasteiger partial charge >= 0.3 is 0 Å². The van der Waals surface area contributed by atoms with Crippen molar-refractivity contribution in [3.8, 4) is 5.75 Å². The second-order valence-electron chi connectivity index (χ2n) is 3.68. The molecule has 1 N–H and O–H groups in total. The molecule has 0 aliphatic carbocycles. The summed E-state index contributed by atoms with van der Waals surface area (Å²) >= 11 is 0. The van der Waals surface area contributed by atoms with Gasteiger partial charge in [-0.15, -0.1) is 0 Å². The molecule has 0 atom stereocenters. The van der Waals surface area contributed by atoms with Gasteiger partial charge in [0.25, 0.3) is 0 Å². The molecule has 0 aliphatic heterocycles. The zero-order valence-electron chi connectivity index (χ0n) is 10.0. The molecule has 1 aromatic carbocycles. The number of rotatable bonds is 5. The van der Waals surface area contributed by atoms with Crippen molar-refractivity contribution in [2.45, 2.75) is 13.1 Å². The fourth-order valence-electron chi connectivity index (χ4n) is 1.56. The highest BCUT2D eigenvalue weighted by Crippen LogP contribution is 2.16. The number of carbonyl (C=O) groups is 1. The lowest BCUT2D eigenvalue weighted by Gasteiger charge is -2.09. The van der Waals surface area contributed by atoms with Crippen molar-refractivity contribution in [2.75, 3.05) is 7.11 Å². The molecule has 0 radical (unpaired) electrons. The molecule has 0 saturated carbocycles. The molecular formula is C12H14N4O2. The fraction of sp³-hybridized carbons (Fsp3) is 0.250. The Morgan fingerprint density at radius 3 is 3.00 bits per heavy atom. The Balaban J connectivity index is 1.89. The van der Waals surface area contributed by atoms with Crippen LogP contribution in [0.1, 0.15) is 5.56 Å². The Hall–Kier alpha value is -2.37. The number of hydrogen-bond donors (Lipinski definition) is 1. The molecule has 18 heavy (non-hydrogen) atoms. The van der Waals surface area contributed by atoms with E-state index in [9.17, 15) is 4.79 Å². The normalized spacial score (nSPS) is 10.1. The molecule has 6 nitrogen and oxygen atoms in total. The first-order valence-electron chi connectivity index (χ1n) is 5.50. The third-order valence-corrected chi connectivity index (χ3v) is 2.44. The van der Waals surface area contributed by atoms with Crippen molar-refractivity contribution in [2.24, 2.45) is 0 Å². The maximum atomic E-state index is 11.6. The minimum atomic E-state index is -0.119. The first-order chi connectivity index (χ1) is 8.79. The second-order valence-corrected chi connectivity index (χ2v) is 3.68. The summed E-state index contributed by atoms with van der Waals surface area (Å²) in [5.74, 6) is 0.643. The van der Waals surface area contributed by atoms with E-state index in [0.29, 0.717) is 6.54 Å².